The van der Waals surface area contributed by atoms with Crippen LogP contribution in [0.15, 0.2) is 31.0 Å². The Balaban J connectivity index is 1.75. The number of aromatic amines is 1. The Morgan fingerprint density at radius 1 is 1.42 bits per heavy atom. The van der Waals surface area contributed by atoms with Crippen molar-refractivity contribution in [2.75, 3.05) is 11.9 Å². The molecule has 8 nitrogen and oxygen atoms in total. The molecule has 0 saturated heterocycles. The van der Waals surface area contributed by atoms with Crippen LogP contribution in [0, 0.1) is 12.7 Å². The fraction of sp³-hybridized carbons (Fsp3) is 0.235. The summed E-state index contributed by atoms with van der Waals surface area (Å²) in [6, 6.07) is 1.63. The molecule has 4 aromatic heterocycles. The predicted molar refractivity (Wildman–Crippen MR) is 94.2 cm³/mol. The van der Waals surface area contributed by atoms with Gasteiger partial charge in [-0.25, -0.2) is 18.9 Å². The number of halogens is 1. The van der Waals surface area contributed by atoms with E-state index in [2.05, 4.69) is 25.4 Å². The number of fused-ring (bicyclic) bond motifs is 2. The molecule has 9 heteroatoms. The highest BCUT2D eigenvalue weighted by Gasteiger charge is 2.16. The van der Waals surface area contributed by atoms with E-state index in [9.17, 15) is 9.50 Å². The van der Waals surface area contributed by atoms with Gasteiger partial charge in [-0.2, -0.15) is 5.10 Å². The normalized spacial score (nSPS) is 12.6. The Morgan fingerprint density at radius 2 is 2.27 bits per heavy atom. The van der Waals surface area contributed by atoms with Crippen LogP contribution in [0.2, 0.25) is 0 Å². The third kappa shape index (κ3) is 2.72. The smallest absolute Gasteiger partial charge is 0.159 e. The lowest BCUT2D eigenvalue weighted by atomic mass is 10.2. The molecule has 4 rings (SSSR count). The molecule has 0 saturated carbocycles. The van der Waals surface area contributed by atoms with Crippen LogP contribution in [0.25, 0.3) is 16.6 Å². The first kappa shape index (κ1) is 16.3. The molecule has 1 atom stereocenters. The van der Waals surface area contributed by atoms with Gasteiger partial charge >= 0.3 is 0 Å². The summed E-state index contributed by atoms with van der Waals surface area (Å²) in [6.07, 6.45) is 5.53. The van der Waals surface area contributed by atoms with Gasteiger partial charge in [0.15, 0.2) is 11.6 Å². The molecule has 0 unspecified atom stereocenters. The lowest BCUT2D eigenvalue weighted by Gasteiger charge is -2.09. The number of aliphatic hydroxyl groups is 1. The Bertz CT molecular complexity index is 1090. The van der Waals surface area contributed by atoms with E-state index in [4.69, 9.17) is 4.74 Å². The van der Waals surface area contributed by atoms with Crippen LogP contribution in [0.4, 0.5) is 15.9 Å². The molecule has 3 N–H and O–H groups in total. The zero-order valence-electron chi connectivity index (χ0n) is 14.2. The van der Waals surface area contributed by atoms with Gasteiger partial charge in [-0.15, -0.1) is 0 Å². The number of H-pyrrole nitrogens is 1. The van der Waals surface area contributed by atoms with Crippen molar-refractivity contribution in [1.82, 2.24) is 24.6 Å². The van der Waals surface area contributed by atoms with E-state index in [0.29, 0.717) is 28.1 Å². The van der Waals surface area contributed by atoms with Crippen molar-refractivity contribution in [3.8, 4) is 5.75 Å². The summed E-state index contributed by atoms with van der Waals surface area (Å²) in [7, 11) is 0. The third-order valence-corrected chi connectivity index (χ3v) is 4.03. The average molecular weight is 356 g/mol. The van der Waals surface area contributed by atoms with Crippen LogP contribution in [-0.2, 0) is 0 Å². The lowest BCUT2D eigenvalue weighted by molar-refractivity contribution is 0.122. The van der Waals surface area contributed by atoms with Crippen molar-refractivity contribution in [1.29, 1.82) is 0 Å². The van der Waals surface area contributed by atoms with Gasteiger partial charge < -0.3 is 20.1 Å². The van der Waals surface area contributed by atoms with Gasteiger partial charge in [0.05, 0.1) is 29.6 Å². The summed E-state index contributed by atoms with van der Waals surface area (Å²) in [4.78, 5) is 11.3. The van der Waals surface area contributed by atoms with E-state index in [1.54, 1.807) is 29.9 Å². The van der Waals surface area contributed by atoms with Crippen LogP contribution in [0.3, 0.4) is 0 Å². The largest absolute Gasteiger partial charge is 0.489 e. The highest BCUT2D eigenvalue weighted by atomic mass is 19.1. The number of nitrogens with zero attached hydrogens (tertiary/aromatic N) is 4. The first-order valence-corrected chi connectivity index (χ1v) is 8.07. The molecule has 0 aliphatic carbocycles. The van der Waals surface area contributed by atoms with Gasteiger partial charge in [-0.05, 0) is 19.9 Å². The molecule has 26 heavy (non-hydrogen) atoms. The molecular weight excluding hydrogens is 339 g/mol. The maximum absolute atomic E-state index is 14.7. The van der Waals surface area contributed by atoms with Crippen LogP contribution >= 0.6 is 0 Å². The van der Waals surface area contributed by atoms with Gasteiger partial charge in [0, 0.05) is 11.8 Å². The average Bonchev–Trinajstić information content (AvgIpc) is 3.21. The minimum atomic E-state index is -0.589. The quantitative estimate of drug-likeness (QED) is 0.508. The van der Waals surface area contributed by atoms with Gasteiger partial charge in [0.25, 0.3) is 0 Å². The lowest BCUT2D eigenvalue weighted by Crippen LogP contribution is -2.12. The molecule has 0 aliphatic heterocycles. The summed E-state index contributed by atoms with van der Waals surface area (Å²) in [5, 5.41) is 17.0. The van der Waals surface area contributed by atoms with Crippen LogP contribution in [0.1, 0.15) is 12.5 Å². The number of anilines is 2. The maximum atomic E-state index is 14.7. The van der Waals surface area contributed by atoms with Crippen molar-refractivity contribution in [2.24, 2.45) is 0 Å². The molecule has 4 aromatic rings. The standard InChI is InChI=1S/C17H17FN6O2/c1-9(25)7-26-13-6-24-15(10(13)2)17(21-8-22-24)23-12-5-20-16-11(14(12)18)3-4-19-16/h3-6,8-9,25H,7H2,1-2H3,(H,19,20)(H,21,22,23)/t9-/m1/s1. The zero-order chi connectivity index (χ0) is 18.3. The Morgan fingerprint density at radius 3 is 3.08 bits per heavy atom. The summed E-state index contributed by atoms with van der Waals surface area (Å²) in [5.41, 5.74) is 2.13. The number of nitrogens with one attached hydrogen (secondary N) is 2. The highest BCUT2D eigenvalue weighted by Crippen LogP contribution is 2.31. The van der Waals surface area contributed by atoms with Gasteiger partial charge in [0.1, 0.15) is 29.8 Å². The van der Waals surface area contributed by atoms with Crippen molar-refractivity contribution in [3.63, 3.8) is 0 Å². The number of aliphatic hydroxyl groups excluding tert-OH is 1. The van der Waals surface area contributed by atoms with E-state index in [-0.39, 0.29) is 12.3 Å². The van der Waals surface area contributed by atoms with Crippen molar-refractivity contribution in [2.45, 2.75) is 20.0 Å². The number of hydrogen-bond acceptors (Lipinski definition) is 6. The number of hydrogen-bond donors (Lipinski definition) is 3. The third-order valence-electron chi connectivity index (χ3n) is 4.03. The van der Waals surface area contributed by atoms with Crippen molar-refractivity contribution in [3.05, 3.63) is 42.4 Å². The monoisotopic (exact) mass is 356 g/mol. The summed E-state index contributed by atoms with van der Waals surface area (Å²) in [6.45, 7) is 3.66. The maximum Gasteiger partial charge on any atom is 0.159 e. The van der Waals surface area contributed by atoms with E-state index in [1.165, 1.54) is 12.5 Å². The van der Waals surface area contributed by atoms with Gasteiger partial charge in [-0.3, -0.25) is 0 Å². The van der Waals surface area contributed by atoms with Crippen LogP contribution < -0.4 is 10.1 Å². The fourth-order valence-corrected chi connectivity index (χ4v) is 2.78. The topological polar surface area (TPSA) is 100 Å². The fourth-order valence-electron chi connectivity index (χ4n) is 2.78. The SMILES string of the molecule is Cc1c(OC[C@@H](C)O)cn2ncnc(Nc3cnc4[nH]ccc4c3F)c12. The number of ether oxygens (including phenoxy) is 1. The van der Waals surface area contributed by atoms with E-state index < -0.39 is 11.9 Å². The molecule has 0 aromatic carbocycles. The predicted octanol–water partition coefficient (Wildman–Crippen LogP) is 2.56. The molecule has 0 amide bonds. The molecule has 0 aliphatic rings. The molecule has 0 radical (unpaired) electrons. The van der Waals surface area contributed by atoms with Crippen molar-refractivity contribution >= 4 is 28.1 Å². The molecule has 4 heterocycles. The van der Waals surface area contributed by atoms with Crippen LogP contribution in [-0.4, -0.2) is 42.4 Å². The van der Waals surface area contributed by atoms with E-state index >= 15 is 0 Å². The zero-order valence-corrected chi connectivity index (χ0v) is 14.2. The number of pyridine rings is 1. The number of aryl methyl sites for hydroxylation is 1. The highest BCUT2D eigenvalue weighted by molar-refractivity contribution is 5.84. The first-order valence-electron chi connectivity index (χ1n) is 8.07. The van der Waals surface area contributed by atoms with Crippen molar-refractivity contribution < 1.29 is 14.2 Å². The summed E-state index contributed by atoms with van der Waals surface area (Å²) >= 11 is 0. The molecule has 0 fully saturated rings. The second-order valence-electron chi connectivity index (χ2n) is 6.03. The second-order valence-corrected chi connectivity index (χ2v) is 6.03. The second kappa shape index (κ2) is 6.26. The van der Waals surface area contributed by atoms with Crippen LogP contribution in [0.5, 0.6) is 5.75 Å². The van der Waals surface area contributed by atoms with Gasteiger partial charge in [0.2, 0.25) is 0 Å². The van der Waals surface area contributed by atoms with E-state index in [0.717, 1.165) is 5.56 Å². The molecule has 0 spiro atoms. The van der Waals surface area contributed by atoms with Gasteiger partial charge in [-0.1, -0.05) is 0 Å². The molecular formula is C17H17FN6O2. The minimum absolute atomic E-state index is 0.163. The summed E-state index contributed by atoms with van der Waals surface area (Å²) < 4.78 is 21.9. The first-order chi connectivity index (χ1) is 12.5. The Labute approximate surface area is 147 Å². The molecule has 134 valence electrons. The Kier molecular flexibility index (Phi) is 3.92. The number of rotatable bonds is 5. The molecule has 0 bridgehead atoms. The van der Waals surface area contributed by atoms with E-state index in [1.807, 2.05) is 6.92 Å². The number of aromatic nitrogens is 5. The minimum Gasteiger partial charge on any atom is -0.489 e. The summed E-state index contributed by atoms with van der Waals surface area (Å²) in [5.74, 6) is 0.594. The Hall–Kier alpha value is -3.20.